The van der Waals surface area contributed by atoms with Crippen molar-refractivity contribution < 1.29 is 4.79 Å². The molecule has 0 radical (unpaired) electrons. The Morgan fingerprint density at radius 3 is 2.31 bits per heavy atom. The molecule has 0 saturated heterocycles. The molecule has 0 aromatic heterocycles. The van der Waals surface area contributed by atoms with Crippen LogP contribution >= 0.6 is 0 Å². The summed E-state index contributed by atoms with van der Waals surface area (Å²) in [4.78, 5) is 11.5. The Bertz CT molecular complexity index is 167. The Kier molecular flexibility index (Phi) is 10.5. The second-order valence-electron chi connectivity index (χ2n) is 4.40. The van der Waals surface area contributed by atoms with Gasteiger partial charge in [0.2, 0.25) is 5.91 Å². The van der Waals surface area contributed by atoms with Crippen molar-refractivity contribution in [2.24, 2.45) is 11.7 Å². The number of carbonyl (C=O) groups is 1. The van der Waals surface area contributed by atoms with E-state index in [1.54, 1.807) is 0 Å². The maximum Gasteiger partial charge on any atom is 0.224 e. The lowest BCUT2D eigenvalue weighted by Gasteiger charge is -2.12. The van der Waals surface area contributed by atoms with Gasteiger partial charge in [-0.25, -0.2) is 0 Å². The smallest absolute Gasteiger partial charge is 0.224 e. The van der Waals surface area contributed by atoms with E-state index in [1.165, 1.54) is 32.1 Å². The molecule has 3 heteroatoms. The van der Waals surface area contributed by atoms with Crippen LogP contribution in [0.25, 0.3) is 0 Å². The van der Waals surface area contributed by atoms with Crippen molar-refractivity contribution in [1.82, 2.24) is 5.32 Å². The van der Waals surface area contributed by atoms with Crippen LogP contribution < -0.4 is 11.1 Å². The van der Waals surface area contributed by atoms with Crippen molar-refractivity contribution in [3.05, 3.63) is 0 Å². The lowest BCUT2D eigenvalue weighted by Crippen LogP contribution is -2.35. The molecule has 3 N–H and O–H groups in total. The summed E-state index contributed by atoms with van der Waals surface area (Å²) in [6.45, 7) is 5.49. The van der Waals surface area contributed by atoms with E-state index in [4.69, 9.17) is 5.73 Å². The highest BCUT2D eigenvalue weighted by atomic mass is 16.1. The van der Waals surface area contributed by atoms with Crippen LogP contribution in [-0.2, 0) is 4.79 Å². The van der Waals surface area contributed by atoms with Crippen molar-refractivity contribution in [1.29, 1.82) is 0 Å². The van der Waals surface area contributed by atoms with Gasteiger partial charge in [-0.2, -0.15) is 0 Å². The van der Waals surface area contributed by atoms with Crippen LogP contribution in [0.15, 0.2) is 0 Å². The van der Waals surface area contributed by atoms with Gasteiger partial charge in [0.15, 0.2) is 0 Å². The van der Waals surface area contributed by atoms with Crippen LogP contribution in [0, 0.1) is 5.92 Å². The summed E-state index contributed by atoms with van der Waals surface area (Å²) in [5.41, 5.74) is 5.51. The monoisotopic (exact) mass is 228 g/mol. The number of nitrogens with one attached hydrogen (secondary N) is 1. The van der Waals surface area contributed by atoms with E-state index in [9.17, 15) is 4.79 Å². The standard InChI is InChI=1S/C13H28N2O/c1-3-5-6-7-8-9-10-15-13(16)12(4-2)11-14/h12H,3-11,14H2,1-2H3,(H,15,16). The fourth-order valence-electron chi connectivity index (χ4n) is 1.72. The van der Waals surface area contributed by atoms with E-state index in [1.807, 2.05) is 6.92 Å². The molecule has 0 rings (SSSR count). The molecular weight excluding hydrogens is 200 g/mol. The van der Waals surface area contributed by atoms with Gasteiger partial charge in [-0.05, 0) is 12.8 Å². The van der Waals surface area contributed by atoms with Crippen molar-refractivity contribution in [2.45, 2.75) is 58.8 Å². The van der Waals surface area contributed by atoms with E-state index in [0.717, 1.165) is 19.4 Å². The van der Waals surface area contributed by atoms with E-state index in [2.05, 4.69) is 12.2 Å². The average Bonchev–Trinajstić information content (AvgIpc) is 2.29. The fraction of sp³-hybridized carbons (Fsp3) is 0.923. The lowest BCUT2D eigenvalue weighted by molar-refractivity contribution is -0.124. The van der Waals surface area contributed by atoms with Crippen molar-refractivity contribution >= 4 is 5.91 Å². The van der Waals surface area contributed by atoms with Gasteiger partial charge >= 0.3 is 0 Å². The molecule has 0 saturated carbocycles. The van der Waals surface area contributed by atoms with Crippen molar-refractivity contribution in [3.8, 4) is 0 Å². The molecule has 16 heavy (non-hydrogen) atoms. The van der Waals surface area contributed by atoms with E-state index in [0.29, 0.717) is 6.54 Å². The molecule has 0 bridgehead atoms. The molecule has 0 aliphatic carbocycles. The third kappa shape index (κ3) is 7.69. The van der Waals surface area contributed by atoms with Crippen molar-refractivity contribution in [2.75, 3.05) is 13.1 Å². The number of hydrogen-bond acceptors (Lipinski definition) is 2. The first-order valence-electron chi connectivity index (χ1n) is 6.74. The van der Waals surface area contributed by atoms with E-state index in [-0.39, 0.29) is 11.8 Å². The first kappa shape index (κ1) is 15.4. The lowest BCUT2D eigenvalue weighted by atomic mass is 10.1. The van der Waals surface area contributed by atoms with Crippen molar-refractivity contribution in [3.63, 3.8) is 0 Å². The summed E-state index contributed by atoms with van der Waals surface area (Å²) in [6.07, 6.45) is 8.38. The maximum absolute atomic E-state index is 11.5. The zero-order valence-corrected chi connectivity index (χ0v) is 10.9. The molecule has 0 heterocycles. The molecule has 0 aromatic rings. The molecular formula is C13H28N2O. The number of unbranched alkanes of at least 4 members (excludes halogenated alkanes) is 5. The Balaban J connectivity index is 3.33. The molecule has 0 aromatic carbocycles. The molecule has 0 fully saturated rings. The minimum absolute atomic E-state index is 0.0000846. The Labute approximate surface area is 100 Å². The van der Waals surface area contributed by atoms with Crippen LogP contribution in [0.2, 0.25) is 0 Å². The summed E-state index contributed by atoms with van der Waals surface area (Å²) in [5.74, 6) is 0.124. The second kappa shape index (κ2) is 10.9. The first-order chi connectivity index (χ1) is 7.76. The molecule has 1 unspecified atom stereocenters. The van der Waals surface area contributed by atoms with Gasteiger partial charge < -0.3 is 11.1 Å². The molecule has 0 spiro atoms. The largest absolute Gasteiger partial charge is 0.356 e. The highest BCUT2D eigenvalue weighted by Crippen LogP contribution is 2.04. The third-order valence-electron chi connectivity index (χ3n) is 2.98. The minimum Gasteiger partial charge on any atom is -0.356 e. The van der Waals surface area contributed by atoms with Gasteiger partial charge in [0.25, 0.3) is 0 Å². The summed E-state index contributed by atoms with van der Waals surface area (Å²) in [6, 6.07) is 0. The Morgan fingerprint density at radius 2 is 1.75 bits per heavy atom. The van der Waals surface area contributed by atoms with Gasteiger partial charge in [0.1, 0.15) is 0 Å². The van der Waals surface area contributed by atoms with Gasteiger partial charge in [-0.15, -0.1) is 0 Å². The van der Waals surface area contributed by atoms with Gasteiger partial charge in [-0.3, -0.25) is 4.79 Å². The van der Waals surface area contributed by atoms with Crippen LogP contribution in [0.3, 0.4) is 0 Å². The van der Waals surface area contributed by atoms with Crippen LogP contribution in [0.1, 0.15) is 58.8 Å². The average molecular weight is 228 g/mol. The second-order valence-corrected chi connectivity index (χ2v) is 4.40. The van der Waals surface area contributed by atoms with Crippen LogP contribution in [0.4, 0.5) is 0 Å². The van der Waals surface area contributed by atoms with E-state index >= 15 is 0 Å². The fourth-order valence-corrected chi connectivity index (χ4v) is 1.72. The normalized spacial score (nSPS) is 12.4. The van der Waals surface area contributed by atoms with Gasteiger partial charge in [-0.1, -0.05) is 46.0 Å². The van der Waals surface area contributed by atoms with Gasteiger partial charge in [0.05, 0.1) is 0 Å². The topological polar surface area (TPSA) is 55.1 Å². The summed E-state index contributed by atoms with van der Waals surface area (Å²) < 4.78 is 0. The highest BCUT2D eigenvalue weighted by Gasteiger charge is 2.12. The molecule has 0 aliphatic rings. The minimum atomic E-state index is 0.0000846. The Morgan fingerprint density at radius 1 is 1.12 bits per heavy atom. The molecule has 1 amide bonds. The first-order valence-corrected chi connectivity index (χ1v) is 6.74. The zero-order valence-electron chi connectivity index (χ0n) is 10.9. The molecule has 3 nitrogen and oxygen atoms in total. The predicted octanol–water partition coefficient (Wildman–Crippen LogP) is 2.45. The summed E-state index contributed by atoms with van der Waals surface area (Å²) >= 11 is 0. The van der Waals surface area contributed by atoms with Crippen LogP contribution in [-0.4, -0.2) is 19.0 Å². The summed E-state index contributed by atoms with van der Waals surface area (Å²) in [7, 11) is 0. The number of amides is 1. The molecule has 96 valence electrons. The Hall–Kier alpha value is -0.570. The maximum atomic E-state index is 11.5. The number of nitrogens with two attached hydrogens (primary N) is 1. The summed E-state index contributed by atoms with van der Waals surface area (Å²) in [5, 5.41) is 2.96. The molecule has 0 aliphatic heterocycles. The number of hydrogen-bond donors (Lipinski definition) is 2. The zero-order chi connectivity index (χ0) is 12.2. The predicted molar refractivity (Wildman–Crippen MR) is 69.2 cm³/mol. The van der Waals surface area contributed by atoms with E-state index < -0.39 is 0 Å². The number of carbonyl (C=O) groups excluding carboxylic acids is 1. The van der Waals surface area contributed by atoms with Crippen LogP contribution in [0.5, 0.6) is 0 Å². The molecule has 1 atom stereocenters. The third-order valence-corrected chi connectivity index (χ3v) is 2.98. The highest BCUT2D eigenvalue weighted by molar-refractivity contribution is 5.78. The number of rotatable bonds is 10. The SMILES string of the molecule is CCCCCCCCNC(=O)C(CC)CN. The quantitative estimate of drug-likeness (QED) is 0.564. The van der Waals surface area contributed by atoms with Gasteiger partial charge in [0, 0.05) is 19.0 Å².